The van der Waals surface area contributed by atoms with Crippen molar-refractivity contribution in [3.63, 3.8) is 0 Å². The zero-order valence-electron chi connectivity index (χ0n) is 21.1. The Bertz CT molecular complexity index is 1890. The second-order valence-electron chi connectivity index (χ2n) is 9.55. The minimum absolute atomic E-state index is 1.09. The lowest BCUT2D eigenvalue weighted by Crippen LogP contribution is -2.10. The number of hydrogen-bond donors (Lipinski definition) is 0. The topological polar surface area (TPSA) is 3.24 Å². The van der Waals surface area contributed by atoms with Gasteiger partial charge in [0.15, 0.2) is 0 Å². The fraction of sp³-hybridized carbons (Fsp3) is 0. The summed E-state index contributed by atoms with van der Waals surface area (Å²) in [6.45, 7) is 0. The van der Waals surface area contributed by atoms with E-state index in [4.69, 9.17) is 0 Å². The summed E-state index contributed by atoms with van der Waals surface area (Å²) in [5, 5.41) is 2.61. The average molecular weight is 583 g/mol. The molecule has 0 N–H and O–H groups in total. The molecule has 7 aromatic rings. The Kier molecular flexibility index (Phi) is 6.24. The van der Waals surface area contributed by atoms with Gasteiger partial charge < -0.3 is 4.90 Å². The van der Waals surface area contributed by atoms with Crippen LogP contribution in [0.3, 0.4) is 0 Å². The molecule has 0 bridgehead atoms. The minimum Gasteiger partial charge on any atom is -0.309 e. The van der Waals surface area contributed by atoms with Gasteiger partial charge in [-0.05, 0) is 70.8 Å². The normalized spacial score (nSPS) is 11.2. The van der Waals surface area contributed by atoms with Crippen LogP contribution in [0.4, 0.5) is 17.1 Å². The van der Waals surface area contributed by atoms with Gasteiger partial charge in [0.25, 0.3) is 0 Å². The van der Waals surface area contributed by atoms with Gasteiger partial charge in [0, 0.05) is 31.3 Å². The monoisotopic (exact) mass is 581 g/mol. The van der Waals surface area contributed by atoms with Gasteiger partial charge in [-0.2, -0.15) is 0 Å². The number of benzene rings is 6. The second kappa shape index (κ2) is 10.2. The molecule has 186 valence electrons. The van der Waals surface area contributed by atoms with Crippen molar-refractivity contribution in [2.24, 2.45) is 0 Å². The van der Waals surface area contributed by atoms with E-state index >= 15 is 0 Å². The maximum atomic E-state index is 3.55. The van der Waals surface area contributed by atoms with Gasteiger partial charge >= 0.3 is 0 Å². The number of fused-ring (bicyclic) bond motifs is 3. The molecule has 1 heterocycles. The molecule has 6 aromatic carbocycles. The molecule has 0 saturated carbocycles. The van der Waals surface area contributed by atoms with Crippen LogP contribution in [-0.4, -0.2) is 0 Å². The van der Waals surface area contributed by atoms with Crippen molar-refractivity contribution >= 4 is 64.5 Å². The summed E-state index contributed by atoms with van der Waals surface area (Å²) in [5.74, 6) is 0. The average Bonchev–Trinajstić information content (AvgIpc) is 3.39. The van der Waals surface area contributed by atoms with Crippen molar-refractivity contribution in [3.8, 4) is 22.3 Å². The van der Waals surface area contributed by atoms with E-state index in [2.05, 4.69) is 166 Å². The molecule has 3 heteroatoms. The minimum atomic E-state index is 1.09. The summed E-state index contributed by atoms with van der Waals surface area (Å²) in [7, 11) is 0. The summed E-state index contributed by atoms with van der Waals surface area (Å²) >= 11 is 5.41. The molecule has 39 heavy (non-hydrogen) atoms. The van der Waals surface area contributed by atoms with Gasteiger partial charge in [-0.1, -0.05) is 113 Å². The summed E-state index contributed by atoms with van der Waals surface area (Å²) < 4.78 is 3.69. The highest BCUT2D eigenvalue weighted by Gasteiger charge is 2.18. The third kappa shape index (κ3) is 4.54. The van der Waals surface area contributed by atoms with Crippen LogP contribution >= 0.6 is 27.3 Å². The van der Waals surface area contributed by atoms with Crippen molar-refractivity contribution in [1.82, 2.24) is 0 Å². The zero-order chi connectivity index (χ0) is 26.2. The molecule has 0 aliphatic rings. The Labute approximate surface area is 240 Å². The third-order valence-electron chi connectivity index (χ3n) is 7.16. The molecule has 0 saturated heterocycles. The molecule has 1 nitrogen and oxygen atoms in total. The van der Waals surface area contributed by atoms with Gasteiger partial charge in [-0.25, -0.2) is 0 Å². The largest absolute Gasteiger partial charge is 0.309 e. The van der Waals surface area contributed by atoms with Crippen molar-refractivity contribution in [2.75, 3.05) is 4.90 Å². The Balaban J connectivity index is 1.37. The Morgan fingerprint density at radius 2 is 0.949 bits per heavy atom. The highest BCUT2D eigenvalue weighted by Crippen LogP contribution is 2.45. The molecule has 0 unspecified atom stereocenters. The van der Waals surface area contributed by atoms with Crippen LogP contribution in [0.5, 0.6) is 0 Å². The van der Waals surface area contributed by atoms with Crippen molar-refractivity contribution in [2.45, 2.75) is 0 Å². The highest BCUT2D eigenvalue weighted by molar-refractivity contribution is 9.10. The van der Waals surface area contributed by atoms with Crippen LogP contribution in [0.1, 0.15) is 0 Å². The predicted molar refractivity (Wildman–Crippen MR) is 173 cm³/mol. The first-order chi connectivity index (χ1) is 19.2. The van der Waals surface area contributed by atoms with Crippen LogP contribution < -0.4 is 4.90 Å². The zero-order valence-corrected chi connectivity index (χ0v) is 23.5. The molecule has 0 fully saturated rings. The van der Waals surface area contributed by atoms with E-state index in [1.54, 1.807) is 0 Å². The first kappa shape index (κ1) is 23.9. The molecule has 0 aliphatic carbocycles. The molecule has 1 aromatic heterocycles. The number of halogens is 1. The van der Waals surface area contributed by atoms with Crippen LogP contribution in [0, 0.1) is 0 Å². The van der Waals surface area contributed by atoms with E-state index in [-0.39, 0.29) is 0 Å². The predicted octanol–water partition coefficient (Wildman–Crippen LogP) is 11.6. The molecule has 0 spiro atoms. The summed E-state index contributed by atoms with van der Waals surface area (Å²) in [6.07, 6.45) is 0. The first-order valence-corrected chi connectivity index (χ1v) is 14.6. The maximum absolute atomic E-state index is 3.55. The molecule has 0 amide bonds. The standard InChI is InChI=1S/C36H24BrNS/c37-29-19-13-26(14-20-29)28-17-23-31(24-18-28)38(30-21-15-27(16-22-30)25-7-2-1-3-8-25)34-11-6-10-33-32-9-4-5-12-35(32)39-36(33)34/h1-24H. The summed E-state index contributed by atoms with van der Waals surface area (Å²) in [5.41, 5.74) is 8.30. The smallest absolute Gasteiger partial charge is 0.0640 e. The van der Waals surface area contributed by atoms with Gasteiger partial charge in [0.1, 0.15) is 0 Å². The molecule has 7 rings (SSSR count). The van der Waals surface area contributed by atoms with Crippen molar-refractivity contribution in [3.05, 3.63) is 150 Å². The Morgan fingerprint density at radius 1 is 0.436 bits per heavy atom. The van der Waals surface area contributed by atoms with Gasteiger partial charge in [0.05, 0.1) is 10.4 Å². The van der Waals surface area contributed by atoms with Gasteiger partial charge in [-0.3, -0.25) is 0 Å². The van der Waals surface area contributed by atoms with Crippen LogP contribution in [0.2, 0.25) is 0 Å². The fourth-order valence-corrected chi connectivity index (χ4v) is 6.69. The number of thiophene rings is 1. The van der Waals surface area contributed by atoms with Crippen molar-refractivity contribution < 1.29 is 0 Å². The van der Waals surface area contributed by atoms with Crippen LogP contribution in [-0.2, 0) is 0 Å². The lowest BCUT2D eigenvalue weighted by atomic mass is 10.0. The summed E-state index contributed by atoms with van der Waals surface area (Å²) in [4.78, 5) is 2.39. The van der Waals surface area contributed by atoms with Crippen molar-refractivity contribution in [1.29, 1.82) is 0 Å². The third-order valence-corrected chi connectivity index (χ3v) is 8.90. The lowest BCUT2D eigenvalue weighted by molar-refractivity contribution is 1.30. The van der Waals surface area contributed by atoms with Gasteiger partial charge in [-0.15, -0.1) is 11.3 Å². The quantitative estimate of drug-likeness (QED) is 0.195. The van der Waals surface area contributed by atoms with E-state index < -0.39 is 0 Å². The molecule has 0 atom stereocenters. The van der Waals surface area contributed by atoms with E-state index in [1.165, 1.54) is 48.1 Å². The summed E-state index contributed by atoms with van der Waals surface area (Å²) in [6, 6.07) is 52.2. The SMILES string of the molecule is Brc1ccc(-c2ccc(N(c3ccc(-c4ccccc4)cc3)c3cccc4c3sc3ccccc34)cc2)cc1. The van der Waals surface area contributed by atoms with E-state index in [0.717, 1.165) is 15.8 Å². The van der Waals surface area contributed by atoms with E-state index in [9.17, 15) is 0 Å². The first-order valence-electron chi connectivity index (χ1n) is 13.0. The molecular weight excluding hydrogens is 558 g/mol. The van der Waals surface area contributed by atoms with E-state index in [1.807, 2.05) is 11.3 Å². The molecule has 0 radical (unpaired) electrons. The Morgan fingerprint density at radius 3 is 1.59 bits per heavy atom. The Hall–Kier alpha value is -4.18. The molecule has 0 aliphatic heterocycles. The highest BCUT2D eigenvalue weighted by atomic mass is 79.9. The van der Waals surface area contributed by atoms with E-state index in [0.29, 0.717) is 0 Å². The van der Waals surface area contributed by atoms with Crippen LogP contribution in [0.15, 0.2) is 150 Å². The maximum Gasteiger partial charge on any atom is 0.0640 e. The molecular formula is C36H24BrNS. The number of anilines is 3. The van der Waals surface area contributed by atoms with Gasteiger partial charge in [0.2, 0.25) is 0 Å². The lowest BCUT2D eigenvalue weighted by Gasteiger charge is -2.26. The number of nitrogens with zero attached hydrogens (tertiary/aromatic N) is 1. The fourth-order valence-electron chi connectivity index (χ4n) is 5.21. The number of rotatable bonds is 5. The van der Waals surface area contributed by atoms with Crippen LogP contribution in [0.25, 0.3) is 42.4 Å². The number of hydrogen-bond acceptors (Lipinski definition) is 2. The second-order valence-corrected chi connectivity index (χ2v) is 11.5.